The van der Waals surface area contributed by atoms with Crippen LogP contribution < -0.4 is 0 Å². The number of aliphatic hydroxyl groups excluding tert-OH is 1. The van der Waals surface area contributed by atoms with Crippen molar-refractivity contribution in [3.05, 3.63) is 11.6 Å². The van der Waals surface area contributed by atoms with E-state index >= 15 is 0 Å². The van der Waals surface area contributed by atoms with Gasteiger partial charge in [-0.2, -0.15) is 0 Å². The minimum atomic E-state index is -0.0703. The minimum Gasteiger partial charge on any atom is -0.464 e. The van der Waals surface area contributed by atoms with Crippen molar-refractivity contribution in [2.45, 2.75) is 86.5 Å². The van der Waals surface area contributed by atoms with Crippen molar-refractivity contribution in [3.8, 4) is 0 Å². The van der Waals surface area contributed by atoms with Gasteiger partial charge in [0.05, 0.1) is 6.61 Å². The summed E-state index contributed by atoms with van der Waals surface area (Å²) in [4.78, 5) is 14.5. The maximum atomic E-state index is 12.3. The van der Waals surface area contributed by atoms with Crippen LogP contribution in [-0.2, 0) is 9.53 Å². The lowest BCUT2D eigenvalue weighted by Crippen LogP contribution is -2.49. The number of hydrogen-bond acceptors (Lipinski definition) is 4. The van der Waals surface area contributed by atoms with E-state index in [4.69, 9.17) is 4.74 Å². The van der Waals surface area contributed by atoms with Crippen LogP contribution in [0.25, 0.3) is 0 Å². The van der Waals surface area contributed by atoms with Crippen molar-refractivity contribution in [1.29, 1.82) is 0 Å². The van der Waals surface area contributed by atoms with Crippen LogP contribution in [0.3, 0.4) is 0 Å². The third-order valence-electron chi connectivity index (χ3n) is 8.35. The zero-order chi connectivity index (χ0) is 22.4. The Bertz CT molecular complexity index is 581. The van der Waals surface area contributed by atoms with Crippen LogP contribution in [0.15, 0.2) is 11.6 Å². The van der Waals surface area contributed by atoms with Crippen molar-refractivity contribution in [1.82, 2.24) is 4.90 Å². The van der Waals surface area contributed by atoms with Gasteiger partial charge in [0.1, 0.15) is 6.61 Å². The van der Waals surface area contributed by atoms with Gasteiger partial charge in [0.15, 0.2) is 0 Å². The Hall–Kier alpha value is -0.870. The first kappa shape index (κ1) is 25.4. The Morgan fingerprint density at radius 3 is 2.60 bits per heavy atom. The third-order valence-corrected chi connectivity index (χ3v) is 8.35. The Morgan fingerprint density at radius 2 is 1.97 bits per heavy atom. The Morgan fingerprint density at radius 1 is 1.27 bits per heavy atom. The van der Waals surface area contributed by atoms with Gasteiger partial charge in [0.25, 0.3) is 0 Å². The van der Waals surface area contributed by atoms with E-state index < -0.39 is 0 Å². The van der Waals surface area contributed by atoms with Crippen molar-refractivity contribution in [2.24, 2.45) is 28.6 Å². The van der Waals surface area contributed by atoms with Crippen LogP contribution in [-0.4, -0.2) is 48.8 Å². The summed E-state index contributed by atoms with van der Waals surface area (Å²) in [6.45, 7) is 17.2. The van der Waals surface area contributed by atoms with Gasteiger partial charge in [-0.1, -0.05) is 54.0 Å². The summed E-state index contributed by atoms with van der Waals surface area (Å²) in [5.41, 5.74) is 1.86. The van der Waals surface area contributed by atoms with E-state index in [2.05, 4.69) is 52.5 Å². The van der Waals surface area contributed by atoms with E-state index in [0.717, 1.165) is 38.9 Å². The zero-order valence-corrected chi connectivity index (χ0v) is 20.5. The number of esters is 1. The molecule has 0 spiro atoms. The second-order valence-corrected chi connectivity index (χ2v) is 10.8. The summed E-state index contributed by atoms with van der Waals surface area (Å²) in [6, 6.07) is 0. The van der Waals surface area contributed by atoms with E-state index in [1.807, 2.05) is 0 Å². The molecule has 4 nitrogen and oxygen atoms in total. The first-order chi connectivity index (χ1) is 14.2. The molecule has 2 aliphatic rings. The maximum Gasteiger partial charge on any atom is 0.306 e. The molecule has 4 heteroatoms. The molecule has 2 aliphatic carbocycles. The highest BCUT2D eigenvalue weighted by molar-refractivity contribution is 5.69. The SMILES string of the molecule is CCN(CC)CCOC(=O)C[C@@H](C)CC[C@H]1C(CO)=CC[C@H]2C(C)(C)CCC[C@]12C. The number of fused-ring (bicyclic) bond motifs is 1. The first-order valence-electron chi connectivity index (χ1n) is 12.4. The normalized spacial score (nSPS) is 29.3. The lowest BCUT2D eigenvalue weighted by molar-refractivity contribution is -0.145. The van der Waals surface area contributed by atoms with E-state index in [1.54, 1.807) is 0 Å². The number of carbonyl (C=O) groups excluding carboxylic acids is 1. The molecule has 1 N–H and O–H groups in total. The highest BCUT2D eigenvalue weighted by Crippen LogP contribution is 2.60. The fourth-order valence-electron chi connectivity index (χ4n) is 6.42. The number of nitrogens with zero attached hydrogens (tertiary/aromatic N) is 1. The van der Waals surface area contributed by atoms with Gasteiger partial charge < -0.3 is 14.7 Å². The number of likely N-dealkylation sites (N-methyl/N-ethyl adjacent to an activating group) is 1. The summed E-state index contributed by atoms with van der Waals surface area (Å²) in [5, 5.41) is 10.0. The predicted octanol–water partition coefficient (Wildman–Crippen LogP) is 5.45. The van der Waals surface area contributed by atoms with Crippen molar-refractivity contribution < 1.29 is 14.6 Å². The van der Waals surface area contributed by atoms with Gasteiger partial charge in [0, 0.05) is 13.0 Å². The Balaban J connectivity index is 1.90. The molecule has 0 amide bonds. The molecule has 0 heterocycles. The average molecular weight is 422 g/mol. The summed E-state index contributed by atoms with van der Waals surface area (Å²) < 4.78 is 5.48. The lowest BCUT2D eigenvalue weighted by atomic mass is 9.48. The molecule has 1 fully saturated rings. The molecule has 174 valence electrons. The molecule has 0 aromatic carbocycles. The van der Waals surface area contributed by atoms with Crippen LogP contribution in [0.4, 0.5) is 0 Å². The predicted molar refractivity (Wildman–Crippen MR) is 124 cm³/mol. The summed E-state index contributed by atoms with van der Waals surface area (Å²) in [5.74, 6) is 1.35. The first-order valence-corrected chi connectivity index (χ1v) is 12.4. The number of allylic oxidation sites excluding steroid dienone is 1. The van der Waals surface area contributed by atoms with Crippen molar-refractivity contribution >= 4 is 5.97 Å². The highest BCUT2D eigenvalue weighted by Gasteiger charge is 2.52. The summed E-state index contributed by atoms with van der Waals surface area (Å²) in [7, 11) is 0. The van der Waals surface area contributed by atoms with Crippen molar-refractivity contribution in [3.63, 3.8) is 0 Å². The molecule has 0 aromatic rings. The van der Waals surface area contributed by atoms with Gasteiger partial charge in [-0.25, -0.2) is 0 Å². The molecule has 0 unspecified atom stereocenters. The van der Waals surface area contributed by atoms with Crippen LogP contribution in [0.2, 0.25) is 0 Å². The average Bonchev–Trinajstić information content (AvgIpc) is 2.68. The Labute approximate surface area is 185 Å². The lowest BCUT2D eigenvalue weighted by Gasteiger charge is -2.57. The topological polar surface area (TPSA) is 49.8 Å². The smallest absolute Gasteiger partial charge is 0.306 e. The van der Waals surface area contributed by atoms with Gasteiger partial charge in [-0.05, 0) is 79.4 Å². The monoisotopic (exact) mass is 421 g/mol. The molecule has 0 radical (unpaired) electrons. The quantitative estimate of drug-likeness (QED) is 0.356. The number of rotatable bonds is 11. The van der Waals surface area contributed by atoms with Crippen LogP contribution in [0, 0.1) is 28.6 Å². The standard InChI is InChI=1S/C26H47NO3/c1-7-27(8-2)16-17-30-24(29)18-20(3)10-12-22-21(19-28)11-13-23-25(4,5)14-9-15-26(22,23)6/h11,20,22-23,28H,7-10,12-19H2,1-6H3/t20-,22-,23-,26+/m0/s1. The molecule has 1 saturated carbocycles. The molecule has 30 heavy (non-hydrogen) atoms. The number of carbonyl (C=O) groups is 1. The third kappa shape index (κ3) is 6.09. The molecular weight excluding hydrogens is 374 g/mol. The highest BCUT2D eigenvalue weighted by atomic mass is 16.5. The van der Waals surface area contributed by atoms with Gasteiger partial charge in [0.2, 0.25) is 0 Å². The van der Waals surface area contributed by atoms with E-state index in [0.29, 0.717) is 36.2 Å². The largest absolute Gasteiger partial charge is 0.464 e. The fourth-order valence-corrected chi connectivity index (χ4v) is 6.42. The summed E-state index contributed by atoms with van der Waals surface area (Å²) >= 11 is 0. The zero-order valence-electron chi connectivity index (χ0n) is 20.5. The van der Waals surface area contributed by atoms with Crippen LogP contribution >= 0.6 is 0 Å². The molecular formula is C26H47NO3. The number of aliphatic hydroxyl groups is 1. The molecule has 2 rings (SSSR count). The van der Waals surface area contributed by atoms with Gasteiger partial charge >= 0.3 is 5.97 Å². The fraction of sp³-hybridized carbons (Fsp3) is 0.885. The number of ether oxygens (including phenoxy) is 1. The Kier molecular flexibility index (Phi) is 9.42. The number of hydrogen-bond donors (Lipinski definition) is 1. The molecule has 0 saturated heterocycles. The summed E-state index contributed by atoms with van der Waals surface area (Å²) in [6.07, 6.45) is 9.83. The molecule has 0 aromatic heterocycles. The molecule has 0 aliphatic heterocycles. The maximum absolute atomic E-state index is 12.3. The van der Waals surface area contributed by atoms with Gasteiger partial charge in [-0.15, -0.1) is 0 Å². The second-order valence-electron chi connectivity index (χ2n) is 10.8. The van der Waals surface area contributed by atoms with E-state index in [1.165, 1.54) is 24.8 Å². The van der Waals surface area contributed by atoms with Gasteiger partial charge in [-0.3, -0.25) is 4.79 Å². The molecule has 4 atom stereocenters. The van der Waals surface area contributed by atoms with Crippen LogP contribution in [0.5, 0.6) is 0 Å². The minimum absolute atomic E-state index is 0.0703. The second kappa shape index (κ2) is 11.1. The van der Waals surface area contributed by atoms with Crippen molar-refractivity contribution in [2.75, 3.05) is 32.8 Å². The van der Waals surface area contributed by atoms with E-state index in [9.17, 15) is 9.90 Å². The molecule has 0 bridgehead atoms. The van der Waals surface area contributed by atoms with E-state index in [-0.39, 0.29) is 18.0 Å². The van der Waals surface area contributed by atoms with Crippen LogP contribution in [0.1, 0.15) is 86.5 Å².